The normalized spacial score (nSPS) is 25.3. The topological polar surface area (TPSA) is 91.7 Å². The van der Waals surface area contributed by atoms with Crippen LogP contribution in [0.2, 0.25) is 0 Å². The van der Waals surface area contributed by atoms with Crippen LogP contribution in [0.3, 0.4) is 0 Å². The molecule has 162 valence electrons. The number of β-amino-alcohol motifs (C(OH)–C–C–N with tert-alkyl or cyclic N) is 2. The largest absolute Gasteiger partial charge is 0.490 e. The van der Waals surface area contributed by atoms with Crippen LogP contribution in [0.4, 0.5) is 4.79 Å². The molecule has 2 heterocycles. The first-order valence-electron chi connectivity index (χ1n) is 10.3. The van der Waals surface area contributed by atoms with E-state index in [4.69, 9.17) is 14.2 Å². The molecule has 2 fully saturated rings. The second kappa shape index (κ2) is 9.75. The van der Waals surface area contributed by atoms with E-state index in [2.05, 4.69) is 0 Å². The number of likely N-dealkylation sites (tertiary alicyclic amines) is 1. The summed E-state index contributed by atoms with van der Waals surface area (Å²) in [5.74, 6) is 0.696. The van der Waals surface area contributed by atoms with Gasteiger partial charge in [0.2, 0.25) is 0 Å². The summed E-state index contributed by atoms with van der Waals surface area (Å²) >= 11 is 0. The maximum absolute atomic E-state index is 11.9. The van der Waals surface area contributed by atoms with E-state index in [1.165, 1.54) is 0 Å². The SMILES string of the molecule is CCOC(=O)N1CCC(O)(CN2CCOCC(O)(COc3ccccc3)C2)CC1. The molecule has 1 amide bonds. The molecule has 0 radical (unpaired) electrons. The van der Waals surface area contributed by atoms with E-state index in [0.29, 0.717) is 64.5 Å². The number of carbonyl (C=O) groups is 1. The molecule has 2 saturated heterocycles. The maximum Gasteiger partial charge on any atom is 0.409 e. The standard InChI is InChI=1S/C21H32N2O6/c1-2-28-19(24)23-10-8-20(25,9-11-23)14-22-12-13-27-16-21(26,15-22)17-29-18-6-4-3-5-7-18/h3-7,25-26H,2,8-17H2,1H3. The molecule has 2 aliphatic rings. The summed E-state index contributed by atoms with van der Waals surface area (Å²) in [5.41, 5.74) is -2.07. The number of amides is 1. The molecule has 0 saturated carbocycles. The summed E-state index contributed by atoms with van der Waals surface area (Å²) in [7, 11) is 0. The Hall–Kier alpha value is -1.87. The molecule has 8 nitrogen and oxygen atoms in total. The Morgan fingerprint density at radius 3 is 2.55 bits per heavy atom. The fourth-order valence-corrected chi connectivity index (χ4v) is 3.85. The minimum absolute atomic E-state index is 0.114. The van der Waals surface area contributed by atoms with Crippen molar-refractivity contribution in [2.45, 2.75) is 31.0 Å². The number of aliphatic hydroxyl groups is 2. The molecule has 8 heteroatoms. The van der Waals surface area contributed by atoms with Crippen molar-refractivity contribution >= 4 is 6.09 Å². The van der Waals surface area contributed by atoms with Gasteiger partial charge < -0.3 is 29.3 Å². The van der Waals surface area contributed by atoms with Gasteiger partial charge in [-0.25, -0.2) is 4.79 Å². The van der Waals surface area contributed by atoms with E-state index in [9.17, 15) is 15.0 Å². The monoisotopic (exact) mass is 408 g/mol. The van der Waals surface area contributed by atoms with Crippen molar-refractivity contribution < 1.29 is 29.2 Å². The average molecular weight is 408 g/mol. The van der Waals surface area contributed by atoms with Crippen molar-refractivity contribution in [1.82, 2.24) is 9.80 Å². The van der Waals surface area contributed by atoms with Gasteiger partial charge in [-0.15, -0.1) is 0 Å². The lowest BCUT2D eigenvalue weighted by atomic mass is 9.90. The van der Waals surface area contributed by atoms with Gasteiger partial charge in [-0.05, 0) is 31.9 Å². The lowest BCUT2D eigenvalue weighted by molar-refractivity contribution is -0.0790. The van der Waals surface area contributed by atoms with E-state index in [-0.39, 0.29) is 19.3 Å². The molecule has 29 heavy (non-hydrogen) atoms. The molecular weight excluding hydrogens is 376 g/mol. The molecule has 1 atom stereocenters. The van der Waals surface area contributed by atoms with Crippen molar-refractivity contribution in [2.75, 3.05) is 59.2 Å². The Morgan fingerprint density at radius 1 is 1.14 bits per heavy atom. The van der Waals surface area contributed by atoms with Crippen molar-refractivity contribution in [2.24, 2.45) is 0 Å². The number of piperidine rings is 1. The van der Waals surface area contributed by atoms with Gasteiger partial charge in [0.25, 0.3) is 0 Å². The maximum atomic E-state index is 11.9. The van der Waals surface area contributed by atoms with Crippen molar-refractivity contribution in [3.8, 4) is 5.75 Å². The van der Waals surface area contributed by atoms with Crippen LogP contribution >= 0.6 is 0 Å². The van der Waals surface area contributed by atoms with Gasteiger partial charge in [-0.2, -0.15) is 0 Å². The molecule has 1 aromatic carbocycles. The molecule has 0 spiro atoms. The van der Waals surface area contributed by atoms with Gasteiger partial charge in [-0.3, -0.25) is 4.90 Å². The van der Waals surface area contributed by atoms with Gasteiger partial charge in [0.05, 0.1) is 25.4 Å². The highest BCUT2D eigenvalue weighted by Gasteiger charge is 2.39. The lowest BCUT2D eigenvalue weighted by Gasteiger charge is -2.41. The predicted octanol–water partition coefficient (Wildman–Crippen LogP) is 1.11. The quantitative estimate of drug-likeness (QED) is 0.729. The van der Waals surface area contributed by atoms with Crippen molar-refractivity contribution in [1.29, 1.82) is 0 Å². The second-order valence-corrected chi connectivity index (χ2v) is 8.00. The zero-order chi connectivity index (χ0) is 20.7. The van der Waals surface area contributed by atoms with Crippen LogP contribution in [0.5, 0.6) is 5.75 Å². The summed E-state index contributed by atoms with van der Waals surface area (Å²) < 4.78 is 16.4. The molecule has 2 N–H and O–H groups in total. The lowest BCUT2D eigenvalue weighted by Crippen LogP contribution is -2.55. The molecule has 0 bridgehead atoms. The number of hydrogen-bond donors (Lipinski definition) is 2. The zero-order valence-corrected chi connectivity index (χ0v) is 17.1. The Balaban J connectivity index is 1.54. The summed E-state index contributed by atoms with van der Waals surface area (Å²) in [6.45, 7) is 5.22. The highest BCUT2D eigenvalue weighted by atomic mass is 16.6. The second-order valence-electron chi connectivity index (χ2n) is 8.00. The number of benzene rings is 1. The number of nitrogens with zero attached hydrogens (tertiary/aromatic N) is 2. The third-order valence-electron chi connectivity index (χ3n) is 5.43. The molecule has 1 unspecified atom stereocenters. The van der Waals surface area contributed by atoms with Crippen LogP contribution in [-0.2, 0) is 9.47 Å². The van der Waals surface area contributed by atoms with Crippen LogP contribution in [0.1, 0.15) is 19.8 Å². The van der Waals surface area contributed by atoms with Crippen molar-refractivity contribution in [3.63, 3.8) is 0 Å². The smallest absolute Gasteiger partial charge is 0.409 e. The first kappa shape index (κ1) is 21.8. The first-order chi connectivity index (χ1) is 13.9. The average Bonchev–Trinajstić information content (AvgIpc) is 2.89. The predicted molar refractivity (Wildman–Crippen MR) is 107 cm³/mol. The van der Waals surface area contributed by atoms with E-state index in [0.717, 1.165) is 0 Å². The molecule has 2 aliphatic heterocycles. The van der Waals surface area contributed by atoms with Crippen LogP contribution in [0.25, 0.3) is 0 Å². The van der Waals surface area contributed by atoms with E-state index >= 15 is 0 Å². The first-order valence-corrected chi connectivity index (χ1v) is 10.3. The zero-order valence-electron chi connectivity index (χ0n) is 17.1. The fraction of sp³-hybridized carbons (Fsp3) is 0.667. The van der Waals surface area contributed by atoms with Gasteiger partial charge >= 0.3 is 6.09 Å². The van der Waals surface area contributed by atoms with Gasteiger partial charge in [0.1, 0.15) is 18.0 Å². The number of ether oxygens (including phenoxy) is 3. The Labute approximate surface area is 172 Å². The van der Waals surface area contributed by atoms with E-state index in [1.54, 1.807) is 11.8 Å². The van der Waals surface area contributed by atoms with E-state index in [1.807, 2.05) is 35.2 Å². The third-order valence-corrected chi connectivity index (χ3v) is 5.43. The van der Waals surface area contributed by atoms with Crippen LogP contribution in [-0.4, -0.2) is 96.5 Å². The highest BCUT2D eigenvalue weighted by Crippen LogP contribution is 2.26. The van der Waals surface area contributed by atoms with Crippen LogP contribution in [0, 0.1) is 0 Å². The Bertz CT molecular complexity index is 650. The Morgan fingerprint density at radius 2 is 1.86 bits per heavy atom. The number of carbonyl (C=O) groups excluding carboxylic acids is 1. The third kappa shape index (κ3) is 6.30. The molecule has 3 rings (SSSR count). The molecular formula is C21H32N2O6. The van der Waals surface area contributed by atoms with Crippen LogP contribution in [0.15, 0.2) is 30.3 Å². The number of rotatable bonds is 6. The number of para-hydroxylation sites is 1. The van der Waals surface area contributed by atoms with E-state index < -0.39 is 11.2 Å². The van der Waals surface area contributed by atoms with Crippen LogP contribution < -0.4 is 4.74 Å². The summed E-state index contributed by atoms with van der Waals surface area (Å²) in [6, 6.07) is 9.37. The van der Waals surface area contributed by atoms with Gasteiger partial charge in [0.15, 0.2) is 0 Å². The minimum Gasteiger partial charge on any atom is -0.490 e. The Kier molecular flexibility index (Phi) is 7.34. The molecule has 1 aromatic rings. The molecule has 0 aromatic heterocycles. The molecule has 0 aliphatic carbocycles. The van der Waals surface area contributed by atoms with Crippen molar-refractivity contribution in [3.05, 3.63) is 30.3 Å². The minimum atomic E-state index is -1.16. The highest BCUT2D eigenvalue weighted by molar-refractivity contribution is 5.67. The summed E-state index contributed by atoms with van der Waals surface area (Å²) in [5, 5.41) is 22.1. The van der Waals surface area contributed by atoms with Gasteiger partial charge in [-0.1, -0.05) is 18.2 Å². The fourth-order valence-electron chi connectivity index (χ4n) is 3.85. The summed E-state index contributed by atoms with van der Waals surface area (Å²) in [6.07, 6.45) is 0.620. The summed E-state index contributed by atoms with van der Waals surface area (Å²) in [4.78, 5) is 15.5. The number of hydrogen-bond acceptors (Lipinski definition) is 7. The van der Waals surface area contributed by atoms with Gasteiger partial charge in [0, 0.05) is 32.7 Å².